The van der Waals surface area contributed by atoms with Gasteiger partial charge in [-0.1, -0.05) is 11.6 Å². The minimum atomic E-state index is -0.890. The molecule has 7 heteroatoms. The first-order valence-electron chi connectivity index (χ1n) is 5.47. The number of hydrogen-bond donors (Lipinski definition) is 3. The summed E-state index contributed by atoms with van der Waals surface area (Å²) in [5.74, 6) is -1.83. The molecule has 0 saturated carbocycles. The number of amides is 2. The van der Waals surface area contributed by atoms with E-state index in [1.165, 1.54) is 18.2 Å². The van der Waals surface area contributed by atoms with E-state index in [0.29, 0.717) is 6.07 Å². The Balaban J connectivity index is 2.07. The number of hydrogen-bond acceptors (Lipinski definition) is 2. The number of carbonyl (C=O) groups is 1. The van der Waals surface area contributed by atoms with Gasteiger partial charge in [0.25, 0.3) is 0 Å². The largest absolute Gasteiger partial charge is 0.506 e. The second-order valence-electron chi connectivity index (χ2n) is 3.87. The number of phenols is 1. The molecule has 0 heterocycles. The van der Waals surface area contributed by atoms with Crippen molar-refractivity contribution in [3.05, 3.63) is 53.1 Å². The molecular formula is C13H9ClF2N2O2. The molecule has 2 aromatic rings. The number of anilines is 2. The van der Waals surface area contributed by atoms with Crippen LogP contribution in [0.4, 0.5) is 25.0 Å². The van der Waals surface area contributed by atoms with Crippen LogP contribution < -0.4 is 10.6 Å². The molecule has 0 spiro atoms. The summed E-state index contributed by atoms with van der Waals surface area (Å²) in [5, 5.41) is 14.1. The Morgan fingerprint density at radius 1 is 1.10 bits per heavy atom. The Morgan fingerprint density at radius 3 is 2.50 bits per heavy atom. The summed E-state index contributed by atoms with van der Waals surface area (Å²) in [6.07, 6.45) is 0. The van der Waals surface area contributed by atoms with E-state index in [2.05, 4.69) is 10.6 Å². The smallest absolute Gasteiger partial charge is 0.323 e. The van der Waals surface area contributed by atoms with E-state index >= 15 is 0 Å². The third-order valence-corrected chi connectivity index (χ3v) is 2.70. The van der Waals surface area contributed by atoms with Crippen molar-refractivity contribution < 1.29 is 18.7 Å². The predicted octanol–water partition coefficient (Wildman–Crippen LogP) is 3.97. The quantitative estimate of drug-likeness (QED) is 0.785. The highest BCUT2D eigenvalue weighted by Gasteiger charge is 2.09. The first kappa shape index (κ1) is 14.1. The van der Waals surface area contributed by atoms with Gasteiger partial charge in [-0.25, -0.2) is 13.6 Å². The van der Waals surface area contributed by atoms with E-state index in [1.807, 2.05) is 0 Å². The molecular weight excluding hydrogens is 290 g/mol. The minimum Gasteiger partial charge on any atom is -0.506 e. The monoisotopic (exact) mass is 298 g/mol. The molecule has 20 heavy (non-hydrogen) atoms. The maximum absolute atomic E-state index is 13.3. The second kappa shape index (κ2) is 5.75. The molecule has 0 fully saturated rings. The first-order chi connectivity index (χ1) is 9.45. The van der Waals surface area contributed by atoms with Crippen molar-refractivity contribution >= 4 is 29.0 Å². The molecule has 0 bridgehead atoms. The van der Waals surface area contributed by atoms with Gasteiger partial charge in [0.15, 0.2) is 0 Å². The molecule has 2 rings (SSSR count). The van der Waals surface area contributed by atoms with Crippen molar-refractivity contribution in [2.75, 3.05) is 10.6 Å². The molecule has 104 valence electrons. The summed E-state index contributed by atoms with van der Waals surface area (Å²) < 4.78 is 26.0. The number of rotatable bonds is 2. The van der Waals surface area contributed by atoms with Gasteiger partial charge < -0.3 is 15.7 Å². The lowest BCUT2D eigenvalue weighted by atomic mass is 10.3. The zero-order valence-electron chi connectivity index (χ0n) is 9.95. The molecule has 0 atom stereocenters. The van der Waals surface area contributed by atoms with Crippen molar-refractivity contribution in [3.8, 4) is 5.75 Å². The summed E-state index contributed by atoms with van der Waals surface area (Å²) in [6.45, 7) is 0. The molecule has 2 amide bonds. The van der Waals surface area contributed by atoms with Gasteiger partial charge in [-0.2, -0.15) is 0 Å². The summed E-state index contributed by atoms with van der Waals surface area (Å²) in [6, 6.07) is 6.13. The maximum atomic E-state index is 13.3. The maximum Gasteiger partial charge on any atom is 0.323 e. The van der Waals surface area contributed by atoms with Crippen molar-refractivity contribution in [1.82, 2.24) is 0 Å². The first-order valence-corrected chi connectivity index (χ1v) is 5.85. The zero-order valence-corrected chi connectivity index (χ0v) is 10.7. The number of nitrogens with one attached hydrogen (secondary N) is 2. The number of carbonyl (C=O) groups excluding carboxylic acids is 1. The normalized spacial score (nSPS) is 10.2. The van der Waals surface area contributed by atoms with Crippen LogP contribution in [0.5, 0.6) is 5.75 Å². The molecule has 0 unspecified atom stereocenters. The Kier molecular flexibility index (Phi) is 4.05. The van der Waals surface area contributed by atoms with Gasteiger partial charge in [-0.3, -0.25) is 0 Å². The fraction of sp³-hybridized carbons (Fsp3) is 0. The Morgan fingerprint density at radius 2 is 1.85 bits per heavy atom. The van der Waals surface area contributed by atoms with E-state index in [-0.39, 0.29) is 22.1 Å². The number of halogens is 3. The minimum absolute atomic E-state index is 0.139. The van der Waals surface area contributed by atoms with Gasteiger partial charge in [-0.15, -0.1) is 0 Å². The lowest BCUT2D eigenvalue weighted by molar-refractivity contribution is 0.262. The van der Waals surface area contributed by atoms with Gasteiger partial charge >= 0.3 is 6.03 Å². The Labute approximate surface area is 118 Å². The summed E-state index contributed by atoms with van der Waals surface area (Å²) in [5.41, 5.74) is 0.106. The second-order valence-corrected chi connectivity index (χ2v) is 4.28. The van der Waals surface area contributed by atoms with E-state index in [4.69, 9.17) is 11.6 Å². The highest BCUT2D eigenvalue weighted by atomic mass is 35.5. The average molecular weight is 299 g/mol. The lowest BCUT2D eigenvalue weighted by Crippen LogP contribution is -2.20. The van der Waals surface area contributed by atoms with Crippen LogP contribution in [0.15, 0.2) is 36.4 Å². The molecule has 0 aliphatic rings. The van der Waals surface area contributed by atoms with E-state index in [1.54, 1.807) is 0 Å². The highest BCUT2D eigenvalue weighted by Crippen LogP contribution is 2.26. The van der Waals surface area contributed by atoms with Crippen LogP contribution >= 0.6 is 11.6 Å². The highest BCUT2D eigenvalue weighted by molar-refractivity contribution is 6.32. The third-order valence-electron chi connectivity index (χ3n) is 2.38. The molecule has 0 saturated heterocycles. The van der Waals surface area contributed by atoms with Crippen LogP contribution in [0.1, 0.15) is 0 Å². The molecule has 0 aliphatic carbocycles. The molecule has 3 N–H and O–H groups in total. The number of aromatic hydroxyl groups is 1. The molecule has 2 aromatic carbocycles. The van der Waals surface area contributed by atoms with Gasteiger partial charge in [-0.05, 0) is 24.3 Å². The zero-order chi connectivity index (χ0) is 14.7. The third kappa shape index (κ3) is 3.36. The Bertz CT molecular complexity index is 665. The van der Waals surface area contributed by atoms with Crippen LogP contribution in [-0.4, -0.2) is 11.1 Å². The summed E-state index contributed by atoms with van der Waals surface area (Å²) in [4.78, 5) is 11.6. The average Bonchev–Trinajstić information content (AvgIpc) is 2.37. The summed E-state index contributed by atoms with van der Waals surface area (Å²) >= 11 is 5.62. The van der Waals surface area contributed by atoms with Crippen LogP contribution in [0.25, 0.3) is 0 Å². The van der Waals surface area contributed by atoms with Gasteiger partial charge in [0.1, 0.15) is 17.4 Å². The van der Waals surface area contributed by atoms with E-state index in [0.717, 1.165) is 12.1 Å². The molecule has 0 aliphatic heterocycles. The topological polar surface area (TPSA) is 61.4 Å². The number of urea groups is 1. The van der Waals surface area contributed by atoms with Gasteiger partial charge in [0, 0.05) is 17.8 Å². The fourth-order valence-electron chi connectivity index (χ4n) is 1.47. The van der Waals surface area contributed by atoms with E-state index < -0.39 is 17.7 Å². The SMILES string of the molecule is O=C(Nc1ccc(Cl)c(O)c1)Nc1ccc(F)cc1F. The lowest BCUT2D eigenvalue weighted by Gasteiger charge is -2.09. The van der Waals surface area contributed by atoms with Crippen LogP contribution in [0, 0.1) is 11.6 Å². The Hall–Kier alpha value is -2.34. The van der Waals surface area contributed by atoms with Crippen LogP contribution in [0.3, 0.4) is 0 Å². The van der Waals surface area contributed by atoms with Crippen molar-refractivity contribution in [1.29, 1.82) is 0 Å². The van der Waals surface area contributed by atoms with Crippen LogP contribution in [0.2, 0.25) is 5.02 Å². The fourth-order valence-corrected chi connectivity index (χ4v) is 1.58. The number of phenolic OH excluding ortho intramolecular Hbond substituents is 1. The van der Waals surface area contributed by atoms with Gasteiger partial charge in [0.05, 0.1) is 10.7 Å². The van der Waals surface area contributed by atoms with Crippen LogP contribution in [-0.2, 0) is 0 Å². The van der Waals surface area contributed by atoms with Gasteiger partial charge in [0.2, 0.25) is 0 Å². The predicted molar refractivity (Wildman–Crippen MR) is 72.1 cm³/mol. The summed E-state index contributed by atoms with van der Waals surface area (Å²) in [7, 11) is 0. The van der Waals surface area contributed by atoms with Crippen molar-refractivity contribution in [2.24, 2.45) is 0 Å². The standard InChI is InChI=1S/C13H9ClF2N2O2/c14-9-3-2-8(6-12(9)19)17-13(20)18-11-4-1-7(15)5-10(11)16/h1-6,19H,(H2,17,18,20). The van der Waals surface area contributed by atoms with Crippen molar-refractivity contribution in [2.45, 2.75) is 0 Å². The number of benzene rings is 2. The van der Waals surface area contributed by atoms with Crippen molar-refractivity contribution in [3.63, 3.8) is 0 Å². The molecule has 0 radical (unpaired) electrons. The molecule has 0 aromatic heterocycles. The molecule has 4 nitrogen and oxygen atoms in total. The van der Waals surface area contributed by atoms with E-state index in [9.17, 15) is 18.7 Å².